The smallest absolute Gasteiger partial charge is 0.287 e. The maximum Gasteiger partial charge on any atom is 0.287 e. The van der Waals surface area contributed by atoms with Crippen molar-refractivity contribution in [2.45, 2.75) is 25.8 Å². The predicted molar refractivity (Wildman–Crippen MR) is 64.6 cm³/mol. The quantitative estimate of drug-likeness (QED) is 0.665. The number of nitrogens with one attached hydrogen (secondary N) is 3. The van der Waals surface area contributed by atoms with Gasteiger partial charge in [0.2, 0.25) is 5.91 Å². The van der Waals surface area contributed by atoms with Crippen LogP contribution in [0.2, 0.25) is 0 Å². The average Bonchev–Trinajstić information content (AvgIpc) is 3.10. The Kier molecular flexibility index (Phi) is 3.84. The summed E-state index contributed by atoms with van der Waals surface area (Å²) in [6, 6.07) is 2.29. The molecule has 1 heterocycles. The molecule has 1 fully saturated rings. The summed E-state index contributed by atoms with van der Waals surface area (Å²) in [5.41, 5.74) is 4.59. The standard InChI is InChI=1S/C12H15N3O4/c1-7(13-12(18)9-3-2-6-19-9)10(16)14-15-11(17)8-4-5-8/h2-3,6-8H,4-5H2,1H3,(H,13,18)(H,14,16)(H,15,17)/t7-/m0/s1. The minimum absolute atomic E-state index is 0.00770. The van der Waals surface area contributed by atoms with Crippen LogP contribution < -0.4 is 16.2 Å². The molecule has 1 saturated carbocycles. The third-order valence-electron chi connectivity index (χ3n) is 2.74. The van der Waals surface area contributed by atoms with Crippen molar-refractivity contribution >= 4 is 17.7 Å². The number of amides is 3. The zero-order chi connectivity index (χ0) is 13.8. The van der Waals surface area contributed by atoms with Gasteiger partial charge >= 0.3 is 0 Å². The number of rotatable bonds is 4. The molecule has 0 aliphatic heterocycles. The fraction of sp³-hybridized carbons (Fsp3) is 0.417. The topological polar surface area (TPSA) is 100 Å². The van der Waals surface area contributed by atoms with Crippen LogP contribution in [0.1, 0.15) is 30.3 Å². The Labute approximate surface area is 109 Å². The van der Waals surface area contributed by atoms with E-state index in [0.29, 0.717) is 0 Å². The highest BCUT2D eigenvalue weighted by Gasteiger charge is 2.30. The zero-order valence-corrected chi connectivity index (χ0v) is 10.4. The maximum absolute atomic E-state index is 11.6. The first-order valence-corrected chi connectivity index (χ1v) is 6.02. The molecule has 0 spiro atoms. The van der Waals surface area contributed by atoms with E-state index in [-0.39, 0.29) is 17.6 Å². The van der Waals surface area contributed by atoms with E-state index >= 15 is 0 Å². The van der Waals surface area contributed by atoms with Crippen molar-refractivity contribution < 1.29 is 18.8 Å². The highest BCUT2D eigenvalue weighted by molar-refractivity contribution is 5.95. The molecule has 102 valence electrons. The Morgan fingerprint density at radius 1 is 1.32 bits per heavy atom. The maximum atomic E-state index is 11.6. The molecule has 0 unspecified atom stereocenters. The lowest BCUT2D eigenvalue weighted by Crippen LogP contribution is -2.51. The summed E-state index contributed by atoms with van der Waals surface area (Å²) >= 11 is 0. The first-order valence-electron chi connectivity index (χ1n) is 6.02. The van der Waals surface area contributed by atoms with Gasteiger partial charge in [0.1, 0.15) is 6.04 Å². The second-order valence-corrected chi connectivity index (χ2v) is 4.43. The summed E-state index contributed by atoms with van der Waals surface area (Å²) in [5.74, 6) is -1.04. The van der Waals surface area contributed by atoms with Gasteiger partial charge in [-0.2, -0.15) is 0 Å². The third kappa shape index (κ3) is 3.57. The summed E-state index contributed by atoms with van der Waals surface area (Å²) in [6.45, 7) is 1.51. The molecule has 3 amide bonds. The molecule has 0 bridgehead atoms. The Morgan fingerprint density at radius 3 is 2.63 bits per heavy atom. The van der Waals surface area contributed by atoms with Gasteiger partial charge in [0, 0.05) is 5.92 Å². The Bertz CT molecular complexity index is 479. The third-order valence-corrected chi connectivity index (χ3v) is 2.74. The van der Waals surface area contributed by atoms with Gasteiger partial charge in [-0.1, -0.05) is 0 Å². The van der Waals surface area contributed by atoms with Crippen molar-refractivity contribution in [1.82, 2.24) is 16.2 Å². The van der Waals surface area contributed by atoms with Crippen LogP contribution in [0.5, 0.6) is 0 Å². The van der Waals surface area contributed by atoms with Crippen LogP contribution >= 0.6 is 0 Å². The first-order chi connectivity index (χ1) is 9.08. The fourth-order valence-electron chi connectivity index (χ4n) is 1.42. The van der Waals surface area contributed by atoms with Gasteiger partial charge in [0.25, 0.3) is 11.8 Å². The molecule has 0 saturated heterocycles. The summed E-state index contributed by atoms with van der Waals surface area (Å²) in [6.07, 6.45) is 3.08. The Balaban J connectivity index is 1.75. The number of hydrogen-bond donors (Lipinski definition) is 3. The molecular formula is C12H15N3O4. The Morgan fingerprint density at radius 2 is 2.05 bits per heavy atom. The molecule has 7 nitrogen and oxygen atoms in total. The molecule has 19 heavy (non-hydrogen) atoms. The van der Waals surface area contributed by atoms with Gasteiger partial charge in [-0.25, -0.2) is 0 Å². The van der Waals surface area contributed by atoms with Gasteiger partial charge in [-0.05, 0) is 31.9 Å². The molecular weight excluding hydrogens is 250 g/mol. The lowest BCUT2D eigenvalue weighted by molar-refractivity contribution is -0.130. The highest BCUT2D eigenvalue weighted by atomic mass is 16.3. The zero-order valence-electron chi connectivity index (χ0n) is 10.4. The number of hydrazine groups is 1. The Hall–Kier alpha value is -2.31. The number of carbonyl (C=O) groups excluding carboxylic acids is 3. The van der Waals surface area contributed by atoms with Crippen LogP contribution in [0.3, 0.4) is 0 Å². The SMILES string of the molecule is C[C@H](NC(=O)c1ccco1)C(=O)NNC(=O)C1CC1. The summed E-state index contributed by atoms with van der Waals surface area (Å²) in [4.78, 5) is 34.5. The van der Waals surface area contributed by atoms with Crippen LogP contribution in [-0.4, -0.2) is 23.8 Å². The highest BCUT2D eigenvalue weighted by Crippen LogP contribution is 2.28. The molecule has 2 rings (SSSR count). The van der Waals surface area contributed by atoms with Gasteiger partial charge < -0.3 is 9.73 Å². The van der Waals surface area contributed by atoms with Crippen molar-refractivity contribution in [2.24, 2.45) is 5.92 Å². The van der Waals surface area contributed by atoms with Gasteiger partial charge in [-0.3, -0.25) is 25.2 Å². The summed E-state index contributed by atoms with van der Waals surface area (Å²) in [7, 11) is 0. The molecule has 0 radical (unpaired) electrons. The van der Waals surface area contributed by atoms with Crippen molar-refractivity contribution in [3.63, 3.8) is 0 Å². The van der Waals surface area contributed by atoms with Crippen LogP contribution in [-0.2, 0) is 9.59 Å². The molecule has 1 aliphatic rings. The molecule has 0 aromatic carbocycles. The number of hydrogen-bond acceptors (Lipinski definition) is 4. The summed E-state index contributed by atoms with van der Waals surface area (Å²) in [5, 5.41) is 2.45. The van der Waals surface area contributed by atoms with Crippen molar-refractivity contribution in [3.05, 3.63) is 24.2 Å². The van der Waals surface area contributed by atoms with Crippen molar-refractivity contribution in [2.75, 3.05) is 0 Å². The van der Waals surface area contributed by atoms with Crippen LogP contribution in [0.4, 0.5) is 0 Å². The van der Waals surface area contributed by atoms with E-state index in [2.05, 4.69) is 16.2 Å². The molecule has 1 aromatic rings. The minimum atomic E-state index is -0.780. The van der Waals surface area contributed by atoms with Crippen LogP contribution in [0, 0.1) is 5.92 Å². The van der Waals surface area contributed by atoms with Crippen LogP contribution in [0.15, 0.2) is 22.8 Å². The van der Waals surface area contributed by atoms with E-state index in [1.165, 1.54) is 19.3 Å². The minimum Gasteiger partial charge on any atom is -0.459 e. The van der Waals surface area contributed by atoms with E-state index in [1.807, 2.05) is 0 Å². The number of furan rings is 1. The van der Waals surface area contributed by atoms with E-state index in [9.17, 15) is 14.4 Å². The molecule has 3 N–H and O–H groups in total. The monoisotopic (exact) mass is 265 g/mol. The van der Waals surface area contributed by atoms with E-state index < -0.39 is 17.9 Å². The molecule has 7 heteroatoms. The first kappa shape index (κ1) is 13.1. The van der Waals surface area contributed by atoms with E-state index in [4.69, 9.17) is 4.42 Å². The van der Waals surface area contributed by atoms with Gasteiger partial charge in [-0.15, -0.1) is 0 Å². The number of carbonyl (C=O) groups is 3. The average molecular weight is 265 g/mol. The summed E-state index contributed by atoms with van der Waals surface area (Å²) < 4.78 is 4.90. The fourth-order valence-corrected chi connectivity index (χ4v) is 1.42. The van der Waals surface area contributed by atoms with Gasteiger partial charge in [0.05, 0.1) is 6.26 Å². The second-order valence-electron chi connectivity index (χ2n) is 4.43. The molecule has 1 atom stereocenters. The van der Waals surface area contributed by atoms with E-state index in [1.54, 1.807) is 6.07 Å². The lowest BCUT2D eigenvalue weighted by Gasteiger charge is -2.13. The predicted octanol–water partition coefficient (Wildman–Crippen LogP) is -0.0447. The second kappa shape index (κ2) is 5.55. The van der Waals surface area contributed by atoms with Crippen molar-refractivity contribution in [1.29, 1.82) is 0 Å². The molecule has 1 aromatic heterocycles. The van der Waals surface area contributed by atoms with Crippen LogP contribution in [0.25, 0.3) is 0 Å². The largest absolute Gasteiger partial charge is 0.459 e. The van der Waals surface area contributed by atoms with Crippen molar-refractivity contribution in [3.8, 4) is 0 Å². The normalized spacial score (nSPS) is 15.4. The lowest BCUT2D eigenvalue weighted by atomic mass is 10.3. The molecule has 1 aliphatic carbocycles. The van der Waals surface area contributed by atoms with Gasteiger partial charge in [0.15, 0.2) is 5.76 Å². The van der Waals surface area contributed by atoms with E-state index in [0.717, 1.165) is 12.8 Å².